The van der Waals surface area contributed by atoms with E-state index >= 15 is 0 Å². The van der Waals surface area contributed by atoms with Crippen LogP contribution in [0.2, 0.25) is 0 Å². The summed E-state index contributed by atoms with van der Waals surface area (Å²) in [4.78, 5) is 14.7. The molecular weight excluding hydrogens is 246 g/mol. The molecule has 94 valence electrons. The molecule has 2 aromatic heterocycles. The standard InChI is InChI=1S/C13H15N3OS/c1-4-11-12(9(2)16-17-3)18-13(15-11)10-6-5-7-14-8-10/h5-8H,4H2,1-3H3. The third-order valence-corrected chi connectivity index (χ3v) is 3.75. The van der Waals surface area contributed by atoms with Gasteiger partial charge in [-0.15, -0.1) is 11.3 Å². The van der Waals surface area contributed by atoms with E-state index in [1.54, 1.807) is 24.6 Å². The number of oxime groups is 1. The summed E-state index contributed by atoms with van der Waals surface area (Å²) in [5, 5.41) is 4.95. The molecule has 0 radical (unpaired) electrons. The molecular formula is C13H15N3OS. The molecule has 0 saturated heterocycles. The Labute approximate surface area is 110 Å². The van der Waals surface area contributed by atoms with Gasteiger partial charge >= 0.3 is 0 Å². The van der Waals surface area contributed by atoms with E-state index in [1.807, 2.05) is 25.3 Å². The van der Waals surface area contributed by atoms with Crippen molar-refractivity contribution < 1.29 is 4.84 Å². The maximum atomic E-state index is 4.83. The average molecular weight is 261 g/mol. The second-order valence-corrected chi connectivity index (χ2v) is 4.75. The predicted molar refractivity (Wildman–Crippen MR) is 73.9 cm³/mol. The Bertz CT molecular complexity index is 549. The minimum atomic E-state index is 0.863. The topological polar surface area (TPSA) is 47.4 Å². The molecule has 0 aliphatic heterocycles. The highest BCUT2D eigenvalue weighted by atomic mass is 32.1. The summed E-state index contributed by atoms with van der Waals surface area (Å²) in [5.41, 5.74) is 2.95. The number of thiazole rings is 1. The van der Waals surface area contributed by atoms with Crippen molar-refractivity contribution in [3.63, 3.8) is 0 Å². The molecule has 2 rings (SSSR count). The molecule has 2 aromatic rings. The zero-order chi connectivity index (χ0) is 13.0. The van der Waals surface area contributed by atoms with Gasteiger partial charge in [0.25, 0.3) is 0 Å². The number of aryl methyl sites for hydroxylation is 1. The van der Waals surface area contributed by atoms with Gasteiger partial charge in [0.2, 0.25) is 0 Å². The third kappa shape index (κ3) is 2.56. The van der Waals surface area contributed by atoms with Crippen LogP contribution in [0.1, 0.15) is 24.4 Å². The number of hydrogen-bond acceptors (Lipinski definition) is 5. The Kier molecular flexibility index (Phi) is 4.04. The van der Waals surface area contributed by atoms with Crippen LogP contribution in [0, 0.1) is 0 Å². The highest BCUT2D eigenvalue weighted by Gasteiger charge is 2.13. The Balaban J connectivity index is 2.45. The van der Waals surface area contributed by atoms with Crippen molar-refractivity contribution in [3.05, 3.63) is 35.1 Å². The fourth-order valence-electron chi connectivity index (χ4n) is 1.67. The summed E-state index contributed by atoms with van der Waals surface area (Å²) < 4.78 is 0. The molecule has 0 amide bonds. The SMILES string of the molecule is CCc1nc(-c2cccnc2)sc1C(C)=NOC. The zero-order valence-electron chi connectivity index (χ0n) is 10.7. The largest absolute Gasteiger partial charge is 0.399 e. The molecule has 0 atom stereocenters. The van der Waals surface area contributed by atoms with Crippen molar-refractivity contribution in [3.8, 4) is 10.6 Å². The molecule has 0 fully saturated rings. The first-order chi connectivity index (χ1) is 8.76. The first-order valence-electron chi connectivity index (χ1n) is 5.74. The Morgan fingerprint density at radius 1 is 1.50 bits per heavy atom. The lowest BCUT2D eigenvalue weighted by atomic mass is 10.2. The summed E-state index contributed by atoms with van der Waals surface area (Å²) >= 11 is 1.62. The van der Waals surface area contributed by atoms with Crippen molar-refractivity contribution in [1.29, 1.82) is 0 Å². The minimum absolute atomic E-state index is 0.863. The van der Waals surface area contributed by atoms with Gasteiger partial charge in [0.05, 0.1) is 16.3 Å². The lowest BCUT2D eigenvalue weighted by Crippen LogP contribution is -1.96. The summed E-state index contributed by atoms with van der Waals surface area (Å²) in [7, 11) is 1.55. The van der Waals surface area contributed by atoms with Crippen LogP contribution < -0.4 is 0 Å². The van der Waals surface area contributed by atoms with E-state index in [9.17, 15) is 0 Å². The first kappa shape index (κ1) is 12.7. The van der Waals surface area contributed by atoms with E-state index in [0.717, 1.165) is 33.3 Å². The van der Waals surface area contributed by atoms with Gasteiger partial charge in [-0.05, 0) is 25.5 Å². The van der Waals surface area contributed by atoms with Gasteiger partial charge in [0.15, 0.2) is 0 Å². The van der Waals surface area contributed by atoms with E-state index in [4.69, 9.17) is 4.84 Å². The van der Waals surface area contributed by atoms with Crippen LogP contribution in [-0.4, -0.2) is 22.8 Å². The van der Waals surface area contributed by atoms with Crippen LogP contribution in [-0.2, 0) is 11.3 Å². The molecule has 0 aromatic carbocycles. The molecule has 0 saturated carbocycles. The third-order valence-electron chi connectivity index (χ3n) is 2.50. The minimum Gasteiger partial charge on any atom is -0.399 e. The molecule has 0 aliphatic rings. The van der Waals surface area contributed by atoms with E-state index in [2.05, 4.69) is 22.0 Å². The van der Waals surface area contributed by atoms with E-state index in [0.29, 0.717) is 0 Å². The number of hydrogen-bond donors (Lipinski definition) is 0. The van der Waals surface area contributed by atoms with Gasteiger partial charge < -0.3 is 4.84 Å². The van der Waals surface area contributed by atoms with Crippen molar-refractivity contribution in [2.45, 2.75) is 20.3 Å². The Morgan fingerprint density at radius 3 is 2.94 bits per heavy atom. The van der Waals surface area contributed by atoms with Gasteiger partial charge in [-0.2, -0.15) is 0 Å². The maximum absolute atomic E-state index is 4.83. The highest BCUT2D eigenvalue weighted by molar-refractivity contribution is 7.17. The van der Waals surface area contributed by atoms with Gasteiger partial charge in [-0.1, -0.05) is 12.1 Å². The molecule has 0 bridgehead atoms. The fourth-order valence-corrected chi connectivity index (χ4v) is 2.75. The van der Waals surface area contributed by atoms with Crippen LogP contribution in [0.25, 0.3) is 10.6 Å². The summed E-state index contributed by atoms with van der Waals surface area (Å²) in [6, 6.07) is 3.93. The fraction of sp³-hybridized carbons (Fsp3) is 0.308. The molecule has 0 N–H and O–H groups in total. The molecule has 0 spiro atoms. The molecule has 5 heteroatoms. The van der Waals surface area contributed by atoms with Gasteiger partial charge in [0.1, 0.15) is 12.1 Å². The van der Waals surface area contributed by atoms with E-state index in [-0.39, 0.29) is 0 Å². The highest BCUT2D eigenvalue weighted by Crippen LogP contribution is 2.28. The number of pyridine rings is 1. The second kappa shape index (κ2) is 5.73. The number of rotatable bonds is 4. The monoisotopic (exact) mass is 261 g/mol. The van der Waals surface area contributed by atoms with Crippen molar-refractivity contribution >= 4 is 17.0 Å². The van der Waals surface area contributed by atoms with E-state index in [1.165, 1.54) is 0 Å². The van der Waals surface area contributed by atoms with Gasteiger partial charge in [-0.3, -0.25) is 4.98 Å². The average Bonchev–Trinajstić information content (AvgIpc) is 2.84. The van der Waals surface area contributed by atoms with Crippen LogP contribution in [0.15, 0.2) is 29.7 Å². The van der Waals surface area contributed by atoms with Crippen LogP contribution in [0.4, 0.5) is 0 Å². The molecule has 0 unspecified atom stereocenters. The lowest BCUT2D eigenvalue weighted by molar-refractivity contribution is 0.213. The predicted octanol–water partition coefficient (Wildman–Crippen LogP) is 3.14. The van der Waals surface area contributed by atoms with Crippen LogP contribution in [0.5, 0.6) is 0 Å². The molecule has 0 aliphatic carbocycles. The first-order valence-corrected chi connectivity index (χ1v) is 6.56. The van der Waals surface area contributed by atoms with Crippen molar-refractivity contribution in [2.24, 2.45) is 5.16 Å². The Morgan fingerprint density at radius 2 is 2.33 bits per heavy atom. The number of nitrogens with zero attached hydrogens (tertiary/aromatic N) is 3. The Hall–Kier alpha value is -1.75. The quantitative estimate of drug-likeness (QED) is 0.627. The van der Waals surface area contributed by atoms with E-state index < -0.39 is 0 Å². The van der Waals surface area contributed by atoms with Crippen LogP contribution in [0.3, 0.4) is 0 Å². The zero-order valence-corrected chi connectivity index (χ0v) is 11.5. The smallest absolute Gasteiger partial charge is 0.125 e. The lowest BCUT2D eigenvalue weighted by Gasteiger charge is -1.97. The summed E-state index contributed by atoms with van der Waals surface area (Å²) in [6.07, 6.45) is 4.46. The summed E-state index contributed by atoms with van der Waals surface area (Å²) in [5.74, 6) is 0. The van der Waals surface area contributed by atoms with Crippen molar-refractivity contribution in [2.75, 3.05) is 7.11 Å². The van der Waals surface area contributed by atoms with Crippen LogP contribution >= 0.6 is 11.3 Å². The second-order valence-electron chi connectivity index (χ2n) is 3.75. The number of aromatic nitrogens is 2. The van der Waals surface area contributed by atoms with Crippen molar-refractivity contribution in [1.82, 2.24) is 9.97 Å². The summed E-state index contributed by atoms with van der Waals surface area (Å²) in [6.45, 7) is 4.02. The molecule has 2 heterocycles. The molecule has 18 heavy (non-hydrogen) atoms. The normalized spacial score (nSPS) is 11.6. The van der Waals surface area contributed by atoms with Gasteiger partial charge in [-0.25, -0.2) is 4.98 Å². The van der Waals surface area contributed by atoms with Gasteiger partial charge in [0, 0.05) is 18.0 Å². The maximum Gasteiger partial charge on any atom is 0.125 e. The molecule has 4 nitrogen and oxygen atoms in total.